The molecular formula is C16H11ClO4. The van der Waals surface area contributed by atoms with Crippen molar-refractivity contribution in [3.8, 4) is 17.2 Å². The molecule has 0 saturated carbocycles. The van der Waals surface area contributed by atoms with E-state index in [1.807, 2.05) is 6.92 Å². The van der Waals surface area contributed by atoms with Crippen LogP contribution in [-0.4, -0.2) is 5.11 Å². The predicted octanol–water partition coefficient (Wildman–Crippen LogP) is 4.25. The molecule has 0 spiro atoms. The van der Waals surface area contributed by atoms with Crippen molar-refractivity contribution in [2.75, 3.05) is 0 Å². The number of fused-ring (bicyclic) bond motifs is 1. The van der Waals surface area contributed by atoms with E-state index in [0.717, 1.165) is 10.9 Å². The van der Waals surface area contributed by atoms with E-state index in [9.17, 15) is 9.90 Å². The van der Waals surface area contributed by atoms with Crippen LogP contribution in [0.2, 0.25) is 5.02 Å². The molecule has 1 N–H and O–H groups in total. The van der Waals surface area contributed by atoms with Crippen LogP contribution in [0.3, 0.4) is 0 Å². The second-order valence-electron chi connectivity index (χ2n) is 4.62. The second-order valence-corrected chi connectivity index (χ2v) is 5.06. The van der Waals surface area contributed by atoms with E-state index in [-0.39, 0.29) is 11.5 Å². The van der Waals surface area contributed by atoms with Crippen LogP contribution in [0, 0.1) is 6.92 Å². The summed E-state index contributed by atoms with van der Waals surface area (Å²) in [6.07, 6.45) is 0. The van der Waals surface area contributed by atoms with Gasteiger partial charge in [-0.2, -0.15) is 0 Å². The van der Waals surface area contributed by atoms with Gasteiger partial charge < -0.3 is 14.3 Å². The van der Waals surface area contributed by atoms with Crippen LogP contribution in [0.25, 0.3) is 11.0 Å². The Hall–Kier alpha value is -2.46. The topological polar surface area (TPSA) is 59.7 Å². The lowest BCUT2D eigenvalue weighted by atomic mass is 10.1. The minimum Gasteiger partial charge on any atom is -0.504 e. The standard InChI is InChI=1S/C16H11ClO4/c1-9-6-16(19)21-14-8-11(3-4-12(9)14)20-15-7-10(17)2-5-13(15)18/h2-8,18H,1H3. The average Bonchev–Trinajstić information content (AvgIpc) is 2.42. The van der Waals surface area contributed by atoms with Gasteiger partial charge in [-0.25, -0.2) is 4.79 Å². The van der Waals surface area contributed by atoms with Gasteiger partial charge in [-0.1, -0.05) is 11.6 Å². The van der Waals surface area contributed by atoms with Crippen LogP contribution < -0.4 is 10.4 Å². The van der Waals surface area contributed by atoms with Gasteiger partial charge in [-0.15, -0.1) is 0 Å². The van der Waals surface area contributed by atoms with Gasteiger partial charge in [0.1, 0.15) is 11.3 Å². The number of aryl methyl sites for hydroxylation is 1. The molecule has 0 aliphatic heterocycles. The highest BCUT2D eigenvalue weighted by molar-refractivity contribution is 6.30. The lowest BCUT2D eigenvalue weighted by molar-refractivity contribution is 0.411. The third-order valence-electron chi connectivity index (χ3n) is 3.07. The van der Waals surface area contributed by atoms with Crippen LogP contribution >= 0.6 is 11.6 Å². The third kappa shape index (κ3) is 2.71. The van der Waals surface area contributed by atoms with Gasteiger partial charge in [0.25, 0.3) is 0 Å². The van der Waals surface area contributed by atoms with Crippen molar-refractivity contribution in [1.29, 1.82) is 0 Å². The molecule has 0 fully saturated rings. The molecule has 0 saturated heterocycles. The zero-order valence-electron chi connectivity index (χ0n) is 11.1. The first kappa shape index (κ1) is 13.5. The molecule has 0 aliphatic rings. The van der Waals surface area contributed by atoms with E-state index in [1.165, 1.54) is 18.2 Å². The minimum absolute atomic E-state index is 0.0230. The first-order valence-electron chi connectivity index (χ1n) is 6.24. The molecule has 0 bridgehead atoms. The molecule has 106 valence electrons. The van der Waals surface area contributed by atoms with Gasteiger partial charge in [0.2, 0.25) is 0 Å². The van der Waals surface area contributed by atoms with E-state index in [1.54, 1.807) is 24.3 Å². The van der Waals surface area contributed by atoms with Crippen molar-refractivity contribution in [3.63, 3.8) is 0 Å². The summed E-state index contributed by atoms with van der Waals surface area (Å²) in [6, 6.07) is 11.1. The number of halogens is 1. The quantitative estimate of drug-likeness (QED) is 0.719. The van der Waals surface area contributed by atoms with Crippen LogP contribution in [0.5, 0.6) is 17.2 Å². The van der Waals surface area contributed by atoms with E-state index in [4.69, 9.17) is 20.8 Å². The van der Waals surface area contributed by atoms with E-state index < -0.39 is 5.63 Å². The van der Waals surface area contributed by atoms with E-state index in [2.05, 4.69) is 0 Å². The molecular weight excluding hydrogens is 292 g/mol. The molecule has 0 radical (unpaired) electrons. The van der Waals surface area contributed by atoms with Crippen molar-refractivity contribution in [3.05, 3.63) is 63.5 Å². The Morgan fingerprint density at radius 1 is 1.14 bits per heavy atom. The number of aromatic hydroxyl groups is 1. The van der Waals surface area contributed by atoms with Crippen LogP contribution in [0.15, 0.2) is 51.7 Å². The fourth-order valence-electron chi connectivity index (χ4n) is 2.07. The molecule has 3 aromatic rings. The van der Waals surface area contributed by atoms with Crippen molar-refractivity contribution >= 4 is 22.6 Å². The summed E-state index contributed by atoms with van der Waals surface area (Å²) >= 11 is 5.87. The number of hydrogen-bond donors (Lipinski definition) is 1. The molecule has 0 amide bonds. The Kier molecular flexibility index (Phi) is 3.31. The summed E-state index contributed by atoms with van der Waals surface area (Å²) in [5.41, 5.74) is 0.847. The summed E-state index contributed by atoms with van der Waals surface area (Å²) in [5, 5.41) is 11.0. The average molecular weight is 303 g/mol. The molecule has 21 heavy (non-hydrogen) atoms. The Bertz CT molecular complexity index is 883. The van der Waals surface area contributed by atoms with E-state index >= 15 is 0 Å². The van der Waals surface area contributed by atoms with E-state index in [0.29, 0.717) is 16.4 Å². The molecule has 0 aliphatic carbocycles. The van der Waals surface area contributed by atoms with Crippen LogP contribution in [-0.2, 0) is 0 Å². The summed E-state index contributed by atoms with van der Waals surface area (Å²) < 4.78 is 10.7. The number of ether oxygens (including phenoxy) is 1. The monoisotopic (exact) mass is 302 g/mol. The number of hydrogen-bond acceptors (Lipinski definition) is 4. The maximum Gasteiger partial charge on any atom is 0.336 e. The van der Waals surface area contributed by atoms with Crippen molar-refractivity contribution < 1.29 is 14.3 Å². The smallest absolute Gasteiger partial charge is 0.336 e. The molecule has 5 heteroatoms. The number of rotatable bonds is 2. The maximum absolute atomic E-state index is 11.4. The Morgan fingerprint density at radius 2 is 1.95 bits per heavy atom. The maximum atomic E-state index is 11.4. The Labute approximate surface area is 125 Å². The molecule has 0 atom stereocenters. The van der Waals surface area contributed by atoms with Gasteiger partial charge in [-0.3, -0.25) is 0 Å². The second kappa shape index (κ2) is 5.14. The fraction of sp³-hybridized carbons (Fsp3) is 0.0625. The molecule has 1 aromatic heterocycles. The zero-order chi connectivity index (χ0) is 15.0. The van der Waals surface area contributed by atoms with Crippen LogP contribution in [0.1, 0.15) is 5.56 Å². The molecule has 4 nitrogen and oxygen atoms in total. The minimum atomic E-state index is -0.414. The number of benzene rings is 2. The number of phenols is 1. The number of phenolic OH excluding ortho intramolecular Hbond substituents is 1. The predicted molar refractivity (Wildman–Crippen MR) is 80.4 cm³/mol. The Morgan fingerprint density at radius 3 is 2.76 bits per heavy atom. The Balaban J connectivity index is 2.05. The SMILES string of the molecule is Cc1cc(=O)oc2cc(Oc3cc(Cl)ccc3O)ccc12. The molecule has 3 rings (SSSR count). The van der Waals surface area contributed by atoms with Crippen molar-refractivity contribution in [1.82, 2.24) is 0 Å². The zero-order valence-corrected chi connectivity index (χ0v) is 11.8. The normalized spacial score (nSPS) is 10.8. The van der Waals surface area contributed by atoms with Crippen LogP contribution in [0.4, 0.5) is 0 Å². The molecule has 1 heterocycles. The first-order chi connectivity index (χ1) is 10.0. The molecule has 0 unspecified atom stereocenters. The van der Waals surface area contributed by atoms with Gasteiger partial charge >= 0.3 is 5.63 Å². The third-order valence-corrected chi connectivity index (χ3v) is 3.31. The lowest BCUT2D eigenvalue weighted by Gasteiger charge is -2.09. The summed E-state index contributed by atoms with van der Waals surface area (Å²) in [7, 11) is 0. The van der Waals surface area contributed by atoms with Crippen molar-refractivity contribution in [2.24, 2.45) is 0 Å². The summed E-state index contributed by atoms with van der Waals surface area (Å²) in [5.74, 6) is 0.649. The van der Waals surface area contributed by atoms with Gasteiger partial charge in [0.15, 0.2) is 11.5 Å². The van der Waals surface area contributed by atoms with Gasteiger partial charge in [0, 0.05) is 28.6 Å². The highest BCUT2D eigenvalue weighted by Crippen LogP contribution is 2.34. The molecule has 2 aromatic carbocycles. The summed E-state index contributed by atoms with van der Waals surface area (Å²) in [6.45, 7) is 1.84. The summed E-state index contributed by atoms with van der Waals surface area (Å²) in [4.78, 5) is 11.4. The van der Waals surface area contributed by atoms with Gasteiger partial charge in [0.05, 0.1) is 0 Å². The highest BCUT2D eigenvalue weighted by Gasteiger charge is 2.08. The largest absolute Gasteiger partial charge is 0.504 e. The highest BCUT2D eigenvalue weighted by atomic mass is 35.5. The van der Waals surface area contributed by atoms with Gasteiger partial charge in [-0.05, 0) is 36.8 Å². The fourth-order valence-corrected chi connectivity index (χ4v) is 2.23. The first-order valence-corrected chi connectivity index (χ1v) is 6.61. The lowest BCUT2D eigenvalue weighted by Crippen LogP contribution is -1.97. The van der Waals surface area contributed by atoms with Crippen molar-refractivity contribution in [2.45, 2.75) is 6.92 Å².